The van der Waals surface area contributed by atoms with Crippen molar-refractivity contribution >= 4 is 21.7 Å². The Morgan fingerprint density at radius 3 is 2.53 bits per heavy atom. The molecule has 0 radical (unpaired) electrons. The third-order valence-corrected chi connectivity index (χ3v) is 7.27. The van der Waals surface area contributed by atoms with Gasteiger partial charge in [0.15, 0.2) is 5.96 Å². The number of fused-ring (bicyclic) bond motifs is 1. The van der Waals surface area contributed by atoms with Crippen molar-refractivity contribution in [2.75, 3.05) is 38.1 Å². The monoisotopic (exact) mass is 447 g/mol. The van der Waals surface area contributed by atoms with E-state index in [4.69, 9.17) is 0 Å². The molecule has 2 aliphatic rings. The fourth-order valence-electron chi connectivity index (χ4n) is 4.04. The first-order chi connectivity index (χ1) is 14.1. The molecule has 30 heavy (non-hydrogen) atoms. The molecule has 0 bridgehead atoms. The summed E-state index contributed by atoms with van der Waals surface area (Å²) in [6.45, 7) is 3.30. The van der Waals surface area contributed by atoms with Crippen LogP contribution >= 0.6 is 0 Å². The van der Waals surface area contributed by atoms with Gasteiger partial charge in [-0.05, 0) is 37.8 Å². The number of hydrogen-bond donors (Lipinski definition) is 2. The Labute approximate surface area is 175 Å². The fourth-order valence-corrected chi connectivity index (χ4v) is 5.02. The van der Waals surface area contributed by atoms with E-state index >= 15 is 0 Å². The van der Waals surface area contributed by atoms with Crippen molar-refractivity contribution in [3.8, 4) is 0 Å². The number of alkyl halides is 3. The number of sulfonamides is 1. The van der Waals surface area contributed by atoms with Gasteiger partial charge in [0.1, 0.15) is 0 Å². The van der Waals surface area contributed by atoms with Crippen LogP contribution in [0.5, 0.6) is 0 Å². The number of guanidine groups is 1. The van der Waals surface area contributed by atoms with Crippen molar-refractivity contribution in [3.63, 3.8) is 0 Å². The molecule has 1 aromatic carbocycles. The van der Waals surface area contributed by atoms with E-state index in [2.05, 4.69) is 39.6 Å². The van der Waals surface area contributed by atoms with Gasteiger partial charge in [-0.25, -0.2) is 8.42 Å². The van der Waals surface area contributed by atoms with Crippen LogP contribution in [0.2, 0.25) is 0 Å². The number of anilines is 1. The van der Waals surface area contributed by atoms with E-state index in [0.717, 1.165) is 13.0 Å². The van der Waals surface area contributed by atoms with Crippen LogP contribution in [-0.4, -0.2) is 69.5 Å². The number of nitrogens with one attached hydrogen (secondary N) is 2. The third-order valence-electron chi connectivity index (χ3n) is 5.64. The van der Waals surface area contributed by atoms with Gasteiger partial charge in [0.05, 0.1) is 0 Å². The van der Waals surface area contributed by atoms with Crippen LogP contribution < -0.4 is 15.5 Å². The lowest BCUT2D eigenvalue weighted by atomic mass is 10.1. The number of piperidine rings is 1. The van der Waals surface area contributed by atoms with Crippen LogP contribution in [0, 0.1) is 0 Å². The van der Waals surface area contributed by atoms with Gasteiger partial charge in [-0.3, -0.25) is 4.99 Å². The number of benzene rings is 1. The number of halogens is 3. The highest BCUT2D eigenvalue weighted by atomic mass is 32.2. The van der Waals surface area contributed by atoms with Gasteiger partial charge >= 0.3 is 15.5 Å². The Morgan fingerprint density at radius 2 is 1.90 bits per heavy atom. The largest absolute Gasteiger partial charge is 0.511 e. The van der Waals surface area contributed by atoms with Gasteiger partial charge in [-0.2, -0.15) is 17.5 Å². The predicted molar refractivity (Wildman–Crippen MR) is 111 cm³/mol. The zero-order valence-electron chi connectivity index (χ0n) is 17.1. The Hall–Kier alpha value is -2.01. The number of nitrogens with zero attached hydrogens (tertiary/aromatic N) is 3. The molecule has 0 aromatic heterocycles. The molecular weight excluding hydrogens is 419 g/mol. The summed E-state index contributed by atoms with van der Waals surface area (Å²) in [4.78, 5) is 6.52. The SMILES string of the molecule is CN=C(NCCN1c2ccccc2CC1C)NC1CCN(S(=O)(=O)C(F)(F)F)CC1. The predicted octanol–water partition coefficient (Wildman–Crippen LogP) is 1.92. The quantitative estimate of drug-likeness (QED) is 0.533. The van der Waals surface area contributed by atoms with E-state index in [-0.39, 0.29) is 32.0 Å². The zero-order valence-corrected chi connectivity index (χ0v) is 17.9. The van der Waals surface area contributed by atoms with Crippen molar-refractivity contribution in [2.24, 2.45) is 4.99 Å². The normalized spacial score (nSPS) is 21.6. The molecule has 0 amide bonds. The molecule has 168 valence electrons. The first-order valence-corrected chi connectivity index (χ1v) is 11.5. The average Bonchev–Trinajstić information content (AvgIpc) is 3.02. The van der Waals surface area contributed by atoms with Gasteiger partial charge < -0.3 is 15.5 Å². The van der Waals surface area contributed by atoms with E-state index in [0.29, 0.717) is 22.9 Å². The highest BCUT2D eigenvalue weighted by Crippen LogP contribution is 2.31. The number of aliphatic imine (C=N–C) groups is 1. The van der Waals surface area contributed by atoms with E-state index in [1.54, 1.807) is 7.05 Å². The van der Waals surface area contributed by atoms with E-state index in [9.17, 15) is 21.6 Å². The lowest BCUT2D eigenvalue weighted by Crippen LogP contribution is -2.52. The Bertz CT molecular complexity index is 867. The molecule has 2 N–H and O–H groups in total. The molecule has 0 saturated carbocycles. The highest BCUT2D eigenvalue weighted by molar-refractivity contribution is 7.90. The summed E-state index contributed by atoms with van der Waals surface area (Å²) in [7, 11) is -3.62. The molecule has 1 saturated heterocycles. The molecule has 2 aliphatic heterocycles. The van der Waals surface area contributed by atoms with E-state index < -0.39 is 15.5 Å². The van der Waals surface area contributed by atoms with E-state index in [1.165, 1.54) is 11.3 Å². The molecular formula is C19H28F3N5O2S. The summed E-state index contributed by atoms with van der Waals surface area (Å²) in [5.41, 5.74) is -2.67. The molecule has 1 aromatic rings. The summed E-state index contributed by atoms with van der Waals surface area (Å²) in [6.07, 6.45) is 1.58. The molecule has 0 spiro atoms. The van der Waals surface area contributed by atoms with Gasteiger partial charge in [0, 0.05) is 51.0 Å². The Morgan fingerprint density at radius 1 is 1.23 bits per heavy atom. The summed E-state index contributed by atoms with van der Waals surface area (Å²) in [6, 6.07) is 8.62. The maximum atomic E-state index is 12.7. The maximum Gasteiger partial charge on any atom is 0.511 e. The minimum atomic E-state index is -5.26. The van der Waals surface area contributed by atoms with Gasteiger partial charge in [-0.15, -0.1) is 0 Å². The summed E-state index contributed by atoms with van der Waals surface area (Å²) in [5, 5.41) is 6.44. The fraction of sp³-hybridized carbons (Fsp3) is 0.632. The number of hydrogen-bond acceptors (Lipinski definition) is 4. The van der Waals surface area contributed by atoms with Crippen molar-refractivity contribution in [3.05, 3.63) is 29.8 Å². The first-order valence-electron chi connectivity index (χ1n) is 10.0. The highest BCUT2D eigenvalue weighted by Gasteiger charge is 2.50. The summed E-state index contributed by atoms with van der Waals surface area (Å²) in [5.74, 6) is 0.562. The number of rotatable bonds is 5. The Balaban J connectivity index is 1.46. The molecule has 1 fully saturated rings. The molecule has 3 rings (SSSR count). The average molecular weight is 448 g/mol. The molecule has 1 unspecified atom stereocenters. The summed E-state index contributed by atoms with van der Waals surface area (Å²) >= 11 is 0. The van der Waals surface area contributed by atoms with Gasteiger partial charge in [0.25, 0.3) is 0 Å². The van der Waals surface area contributed by atoms with E-state index in [1.807, 2.05) is 12.1 Å². The number of para-hydroxylation sites is 1. The molecule has 2 heterocycles. The maximum absolute atomic E-state index is 12.7. The lowest BCUT2D eigenvalue weighted by molar-refractivity contribution is -0.0494. The first kappa shape index (κ1) is 22.7. The third kappa shape index (κ3) is 4.83. The smallest absolute Gasteiger partial charge is 0.367 e. The topological polar surface area (TPSA) is 77.0 Å². The van der Waals surface area contributed by atoms with Crippen LogP contribution in [0.4, 0.5) is 18.9 Å². The van der Waals surface area contributed by atoms with Crippen LogP contribution in [0.25, 0.3) is 0 Å². The van der Waals surface area contributed by atoms with Crippen LogP contribution in [0.15, 0.2) is 29.3 Å². The molecule has 1 atom stereocenters. The molecule has 0 aliphatic carbocycles. The second-order valence-corrected chi connectivity index (χ2v) is 9.57. The van der Waals surface area contributed by atoms with Crippen LogP contribution in [-0.2, 0) is 16.4 Å². The second-order valence-electron chi connectivity index (χ2n) is 7.64. The minimum absolute atomic E-state index is 0.137. The summed E-state index contributed by atoms with van der Waals surface area (Å²) < 4.78 is 61.6. The van der Waals surface area contributed by atoms with Crippen molar-refractivity contribution in [2.45, 2.75) is 43.8 Å². The van der Waals surface area contributed by atoms with Crippen molar-refractivity contribution in [1.29, 1.82) is 0 Å². The van der Waals surface area contributed by atoms with Gasteiger partial charge in [0.2, 0.25) is 0 Å². The van der Waals surface area contributed by atoms with Crippen molar-refractivity contribution in [1.82, 2.24) is 14.9 Å². The molecule has 7 nitrogen and oxygen atoms in total. The van der Waals surface area contributed by atoms with Gasteiger partial charge in [-0.1, -0.05) is 18.2 Å². The Kier molecular flexibility index (Phi) is 6.81. The lowest BCUT2D eigenvalue weighted by Gasteiger charge is -2.32. The van der Waals surface area contributed by atoms with Crippen molar-refractivity contribution < 1.29 is 21.6 Å². The zero-order chi connectivity index (χ0) is 21.9. The minimum Gasteiger partial charge on any atom is -0.367 e. The van der Waals surface area contributed by atoms with Crippen LogP contribution in [0.3, 0.4) is 0 Å². The second kappa shape index (κ2) is 9.01. The van der Waals surface area contributed by atoms with Crippen LogP contribution in [0.1, 0.15) is 25.3 Å². The molecule has 11 heteroatoms. The standard InChI is InChI=1S/C19H28F3N5O2S/c1-14-13-15-5-3-4-6-17(15)27(14)12-9-24-18(23-2)25-16-7-10-26(11-8-16)30(28,29)19(20,21)22/h3-6,14,16H,7-13H2,1-2H3,(H2,23,24,25).